The van der Waals surface area contributed by atoms with Crippen molar-refractivity contribution in [2.45, 2.75) is 6.92 Å². The minimum Gasteiger partial charge on any atom is -0.508 e. The molecule has 0 radical (unpaired) electrons. The van der Waals surface area contributed by atoms with Crippen molar-refractivity contribution in [1.29, 1.82) is 5.26 Å². The van der Waals surface area contributed by atoms with Gasteiger partial charge in [-0.2, -0.15) is 5.26 Å². The molecule has 27 heavy (non-hydrogen) atoms. The van der Waals surface area contributed by atoms with Crippen LogP contribution >= 0.6 is 0 Å². The van der Waals surface area contributed by atoms with Crippen LogP contribution in [0.1, 0.15) is 21.5 Å². The molecule has 0 aliphatic rings. The first-order valence-corrected chi connectivity index (χ1v) is 8.09. The Labute approximate surface area is 155 Å². The maximum Gasteiger partial charge on any atom is 0.341 e. The molecule has 0 saturated heterocycles. The topological polar surface area (TPSA) is 93.7 Å². The number of nitrogens with zero attached hydrogens (tertiary/aromatic N) is 2. The average molecular weight is 366 g/mol. The van der Waals surface area contributed by atoms with E-state index < -0.39 is 5.97 Å². The second-order valence-electron chi connectivity index (χ2n) is 5.90. The van der Waals surface area contributed by atoms with E-state index in [-0.39, 0.29) is 23.9 Å². The van der Waals surface area contributed by atoms with E-state index in [1.165, 1.54) is 14.2 Å². The van der Waals surface area contributed by atoms with Crippen molar-refractivity contribution in [3.05, 3.63) is 53.2 Å². The van der Waals surface area contributed by atoms with Gasteiger partial charge < -0.3 is 23.9 Å². The number of phenols is 1. The molecule has 1 heterocycles. The summed E-state index contributed by atoms with van der Waals surface area (Å²) in [6.45, 7) is 1.73. The van der Waals surface area contributed by atoms with Gasteiger partial charge in [0.05, 0.1) is 18.2 Å². The number of aromatic hydroxyl groups is 1. The fourth-order valence-corrected chi connectivity index (χ4v) is 2.85. The second-order valence-corrected chi connectivity index (χ2v) is 5.90. The molecule has 3 rings (SSSR count). The van der Waals surface area contributed by atoms with Gasteiger partial charge in [0.15, 0.2) is 6.79 Å². The summed E-state index contributed by atoms with van der Waals surface area (Å²) >= 11 is 0. The lowest BCUT2D eigenvalue weighted by molar-refractivity contribution is 0.0465. The largest absolute Gasteiger partial charge is 0.508 e. The lowest BCUT2D eigenvalue weighted by Gasteiger charge is -2.13. The third-order valence-electron chi connectivity index (χ3n) is 4.22. The summed E-state index contributed by atoms with van der Waals surface area (Å²) in [4.78, 5) is 12.0. The third-order valence-corrected chi connectivity index (χ3v) is 4.22. The number of benzene rings is 2. The van der Waals surface area contributed by atoms with Crippen LogP contribution in [0.15, 0.2) is 36.5 Å². The van der Waals surface area contributed by atoms with Crippen LogP contribution in [0.5, 0.6) is 11.5 Å². The van der Waals surface area contributed by atoms with Crippen LogP contribution in [-0.4, -0.2) is 36.7 Å². The summed E-state index contributed by atoms with van der Waals surface area (Å²) in [5, 5.41) is 20.3. The molecule has 0 aliphatic carbocycles. The van der Waals surface area contributed by atoms with Crippen molar-refractivity contribution in [1.82, 2.24) is 4.57 Å². The van der Waals surface area contributed by atoms with E-state index in [1.54, 1.807) is 48.0 Å². The van der Waals surface area contributed by atoms with Crippen LogP contribution < -0.4 is 4.74 Å². The number of ether oxygens (including phenoxy) is 3. The summed E-state index contributed by atoms with van der Waals surface area (Å²) in [6.07, 6.45) is 1.68. The molecule has 0 aliphatic heterocycles. The quantitative estimate of drug-likeness (QED) is 0.550. The Balaban J connectivity index is 2.20. The molecule has 0 spiro atoms. The van der Waals surface area contributed by atoms with Gasteiger partial charge in [0.2, 0.25) is 0 Å². The molecule has 0 bridgehead atoms. The lowest BCUT2D eigenvalue weighted by Crippen LogP contribution is -2.08. The van der Waals surface area contributed by atoms with Gasteiger partial charge in [-0.05, 0) is 30.7 Å². The Hall–Kier alpha value is -3.50. The molecule has 1 N–H and O–H groups in total. The molecule has 1 aromatic heterocycles. The van der Waals surface area contributed by atoms with E-state index in [1.807, 2.05) is 0 Å². The number of rotatable bonds is 5. The van der Waals surface area contributed by atoms with Gasteiger partial charge in [-0.3, -0.25) is 0 Å². The van der Waals surface area contributed by atoms with Crippen molar-refractivity contribution in [3.63, 3.8) is 0 Å². The van der Waals surface area contributed by atoms with Gasteiger partial charge in [0.1, 0.15) is 23.1 Å². The minimum atomic E-state index is -0.531. The number of hydrogen-bond acceptors (Lipinski definition) is 6. The van der Waals surface area contributed by atoms with Crippen LogP contribution in [-0.2, 0) is 9.47 Å². The number of fused-ring (bicyclic) bond motifs is 1. The molecular weight excluding hydrogens is 348 g/mol. The normalized spacial score (nSPS) is 10.6. The summed E-state index contributed by atoms with van der Waals surface area (Å²) < 4.78 is 17.0. The fourth-order valence-electron chi connectivity index (χ4n) is 2.85. The molecule has 138 valence electrons. The van der Waals surface area contributed by atoms with Crippen molar-refractivity contribution >= 4 is 16.9 Å². The van der Waals surface area contributed by atoms with Gasteiger partial charge >= 0.3 is 5.97 Å². The zero-order valence-electron chi connectivity index (χ0n) is 15.1. The Bertz CT molecular complexity index is 1060. The van der Waals surface area contributed by atoms with Crippen LogP contribution in [0.4, 0.5) is 0 Å². The monoisotopic (exact) mass is 366 g/mol. The molecule has 0 saturated carbocycles. The predicted octanol–water partition coefficient (Wildman–Crippen LogP) is 3.29. The van der Waals surface area contributed by atoms with E-state index in [9.17, 15) is 15.2 Å². The number of methoxy groups -OCH3 is 2. The first kappa shape index (κ1) is 18.3. The average Bonchev–Trinajstić information content (AvgIpc) is 3.03. The Morgan fingerprint density at radius 3 is 2.70 bits per heavy atom. The van der Waals surface area contributed by atoms with Gasteiger partial charge in [0.25, 0.3) is 0 Å². The Morgan fingerprint density at radius 1 is 1.26 bits per heavy atom. The molecule has 0 unspecified atom stereocenters. The molecule has 0 fully saturated rings. The molecule has 2 aromatic carbocycles. The van der Waals surface area contributed by atoms with Gasteiger partial charge in [-0.25, -0.2) is 4.79 Å². The van der Waals surface area contributed by atoms with Crippen molar-refractivity contribution in [2.24, 2.45) is 0 Å². The van der Waals surface area contributed by atoms with E-state index >= 15 is 0 Å². The molecule has 0 atom stereocenters. The van der Waals surface area contributed by atoms with Crippen LogP contribution in [0.25, 0.3) is 16.6 Å². The van der Waals surface area contributed by atoms with Gasteiger partial charge in [0, 0.05) is 36.5 Å². The minimum absolute atomic E-state index is 0.0384. The summed E-state index contributed by atoms with van der Waals surface area (Å²) in [5.41, 5.74) is 2.74. The first-order chi connectivity index (χ1) is 13.0. The summed E-state index contributed by atoms with van der Waals surface area (Å²) in [7, 11) is 2.77. The number of aryl methyl sites for hydroxylation is 1. The molecule has 3 aromatic rings. The number of carbonyl (C=O) groups is 1. The SMILES string of the molecule is COCOc1cc(-n2cc(C#N)c3cc(C)c(O)cc32)ccc1C(=O)OC. The van der Waals surface area contributed by atoms with E-state index in [0.717, 1.165) is 5.39 Å². The summed E-state index contributed by atoms with van der Waals surface area (Å²) in [6, 6.07) is 10.5. The van der Waals surface area contributed by atoms with Crippen LogP contribution in [0, 0.1) is 18.3 Å². The van der Waals surface area contributed by atoms with E-state index in [2.05, 4.69) is 6.07 Å². The van der Waals surface area contributed by atoms with Gasteiger partial charge in [-0.1, -0.05) is 0 Å². The zero-order chi connectivity index (χ0) is 19.6. The molecule has 7 nitrogen and oxygen atoms in total. The van der Waals surface area contributed by atoms with Crippen molar-refractivity contribution < 1.29 is 24.1 Å². The van der Waals surface area contributed by atoms with Crippen molar-refractivity contribution in [2.75, 3.05) is 21.0 Å². The third kappa shape index (κ3) is 3.30. The Kier molecular flexibility index (Phi) is 5.01. The highest BCUT2D eigenvalue weighted by atomic mass is 16.7. The van der Waals surface area contributed by atoms with E-state index in [4.69, 9.17) is 14.2 Å². The number of aromatic nitrogens is 1. The smallest absolute Gasteiger partial charge is 0.341 e. The standard InChI is InChI=1S/C20H18N2O5/c1-12-6-16-13(9-21)10-22(17(16)8-18(12)23)14-4-5-15(20(24)26-3)19(7-14)27-11-25-2/h4-8,10,23H,11H2,1-3H3. The Morgan fingerprint density at radius 2 is 2.04 bits per heavy atom. The highest BCUT2D eigenvalue weighted by Gasteiger charge is 2.17. The number of carbonyl (C=O) groups excluding carboxylic acids is 1. The van der Waals surface area contributed by atoms with Crippen molar-refractivity contribution in [3.8, 4) is 23.3 Å². The number of esters is 1. The second kappa shape index (κ2) is 7.40. The van der Waals surface area contributed by atoms with Gasteiger partial charge in [-0.15, -0.1) is 0 Å². The maximum atomic E-state index is 12.0. The number of nitriles is 1. The highest BCUT2D eigenvalue weighted by Crippen LogP contribution is 2.32. The number of hydrogen-bond donors (Lipinski definition) is 1. The highest BCUT2D eigenvalue weighted by molar-refractivity contribution is 5.93. The first-order valence-electron chi connectivity index (χ1n) is 8.09. The molecule has 0 amide bonds. The maximum absolute atomic E-state index is 12.0. The fraction of sp³-hybridized carbons (Fsp3) is 0.200. The van der Waals surface area contributed by atoms with Crippen LogP contribution in [0.2, 0.25) is 0 Å². The summed E-state index contributed by atoms with van der Waals surface area (Å²) in [5.74, 6) is -0.109. The lowest BCUT2D eigenvalue weighted by atomic mass is 10.1. The predicted molar refractivity (Wildman–Crippen MR) is 98.2 cm³/mol. The van der Waals surface area contributed by atoms with Crippen LogP contribution in [0.3, 0.4) is 0 Å². The number of phenolic OH excluding ortho intramolecular Hbond substituents is 1. The van der Waals surface area contributed by atoms with E-state index in [0.29, 0.717) is 22.3 Å². The molecular formula is C20H18N2O5. The zero-order valence-corrected chi connectivity index (χ0v) is 15.1. The molecule has 7 heteroatoms.